The number of amides is 1. The molecule has 0 spiro atoms. The third-order valence-corrected chi connectivity index (χ3v) is 3.05. The van der Waals surface area contributed by atoms with Crippen molar-refractivity contribution in [2.75, 3.05) is 0 Å². The predicted octanol–water partition coefficient (Wildman–Crippen LogP) is 0.485. The minimum absolute atomic E-state index is 0.454. The van der Waals surface area contributed by atoms with Crippen LogP contribution in [-0.4, -0.2) is 33.6 Å². The van der Waals surface area contributed by atoms with Gasteiger partial charge in [-0.05, 0) is 25.5 Å². The molecule has 20 heavy (non-hydrogen) atoms. The third-order valence-electron chi connectivity index (χ3n) is 3.05. The summed E-state index contributed by atoms with van der Waals surface area (Å²) in [4.78, 5) is 35.1. The van der Waals surface area contributed by atoms with Crippen LogP contribution in [0.4, 0.5) is 0 Å². The highest BCUT2D eigenvalue weighted by Gasteiger charge is 2.51. The Balaban J connectivity index is 3.27. The number of nitrogens with two attached hydrogens (primary N) is 1. The lowest BCUT2D eigenvalue weighted by atomic mass is 9.94. The molecule has 7 heteroatoms. The summed E-state index contributed by atoms with van der Waals surface area (Å²) in [6.45, 7) is 3.44. The maximum atomic E-state index is 12.3. The molecule has 0 aliphatic rings. The van der Waals surface area contributed by atoms with Crippen LogP contribution in [0.5, 0.6) is 0 Å². The van der Waals surface area contributed by atoms with E-state index in [-0.39, 0.29) is 0 Å². The molecule has 0 aliphatic heterocycles. The van der Waals surface area contributed by atoms with Gasteiger partial charge in [0.05, 0.1) is 12.5 Å². The lowest BCUT2D eigenvalue weighted by molar-refractivity contribution is -0.172. The largest absolute Gasteiger partial charge is 0.479 e. The van der Waals surface area contributed by atoms with Crippen molar-refractivity contribution in [2.24, 2.45) is 5.73 Å². The molecule has 0 saturated heterocycles. The number of rotatable bonds is 7. The number of nitrogens with zero attached hydrogens (tertiary/aromatic N) is 1. The van der Waals surface area contributed by atoms with Crippen molar-refractivity contribution in [3.8, 4) is 0 Å². The molecule has 1 aromatic heterocycles. The summed E-state index contributed by atoms with van der Waals surface area (Å²) < 4.78 is 6.23. The Hall–Kier alpha value is -2.31. The highest BCUT2D eigenvalue weighted by molar-refractivity contribution is 6.05. The zero-order valence-corrected chi connectivity index (χ0v) is 11.4. The van der Waals surface area contributed by atoms with Gasteiger partial charge >= 0.3 is 11.9 Å². The number of esters is 1. The van der Waals surface area contributed by atoms with E-state index >= 15 is 0 Å². The van der Waals surface area contributed by atoms with Crippen LogP contribution in [-0.2, 0) is 24.7 Å². The van der Waals surface area contributed by atoms with E-state index in [1.807, 2.05) is 0 Å². The summed E-state index contributed by atoms with van der Waals surface area (Å²) in [7, 11) is 0. The first kappa shape index (κ1) is 15.7. The van der Waals surface area contributed by atoms with Crippen LogP contribution in [0.15, 0.2) is 24.5 Å². The number of carboxylic acids is 1. The van der Waals surface area contributed by atoms with Crippen LogP contribution >= 0.6 is 0 Å². The molecule has 2 unspecified atom stereocenters. The van der Waals surface area contributed by atoms with E-state index in [2.05, 4.69) is 0 Å². The number of hydrogen-bond donors (Lipinski definition) is 2. The van der Waals surface area contributed by atoms with Crippen LogP contribution in [0.1, 0.15) is 26.7 Å². The second-order valence-corrected chi connectivity index (χ2v) is 4.52. The Bertz CT molecular complexity index is 497. The Kier molecular flexibility index (Phi) is 4.90. The number of ether oxygens (including phenoxy) is 1. The smallest absolute Gasteiger partial charge is 0.344 e. The Morgan fingerprint density at radius 1 is 1.35 bits per heavy atom. The number of hydrogen-bond acceptors (Lipinski definition) is 4. The first-order valence-corrected chi connectivity index (χ1v) is 6.20. The fourth-order valence-electron chi connectivity index (χ4n) is 1.75. The van der Waals surface area contributed by atoms with Gasteiger partial charge in [0.2, 0.25) is 11.4 Å². The van der Waals surface area contributed by atoms with Gasteiger partial charge in [-0.25, -0.2) is 9.59 Å². The van der Waals surface area contributed by atoms with Crippen molar-refractivity contribution >= 4 is 17.8 Å². The summed E-state index contributed by atoms with van der Waals surface area (Å²) in [5, 5.41) is 9.47. The molecule has 1 aromatic rings. The molecule has 0 radical (unpaired) electrons. The van der Waals surface area contributed by atoms with Crippen molar-refractivity contribution in [1.29, 1.82) is 0 Å². The molecular formula is C13H18N2O5. The van der Waals surface area contributed by atoms with Crippen molar-refractivity contribution in [2.45, 2.75) is 38.3 Å². The number of aromatic nitrogens is 1. The van der Waals surface area contributed by atoms with Gasteiger partial charge in [-0.1, -0.05) is 6.92 Å². The Morgan fingerprint density at radius 3 is 2.30 bits per heavy atom. The van der Waals surface area contributed by atoms with E-state index in [0.717, 1.165) is 4.57 Å². The summed E-state index contributed by atoms with van der Waals surface area (Å²) in [5.41, 5.74) is 2.93. The fraction of sp³-hybridized carbons (Fsp3) is 0.462. The minimum atomic E-state index is -2.17. The van der Waals surface area contributed by atoms with Crippen molar-refractivity contribution in [3.05, 3.63) is 24.5 Å². The predicted molar refractivity (Wildman–Crippen MR) is 69.7 cm³/mol. The normalized spacial score (nSPS) is 15.1. The van der Waals surface area contributed by atoms with E-state index < -0.39 is 35.9 Å². The highest BCUT2D eigenvalue weighted by Crippen LogP contribution is 2.25. The van der Waals surface area contributed by atoms with E-state index in [1.165, 1.54) is 12.4 Å². The van der Waals surface area contributed by atoms with Crippen LogP contribution < -0.4 is 5.73 Å². The lowest BCUT2D eigenvalue weighted by Crippen LogP contribution is -2.52. The average Bonchev–Trinajstić information content (AvgIpc) is 2.88. The van der Waals surface area contributed by atoms with Crippen LogP contribution in [0.2, 0.25) is 0 Å². The number of carboxylic acid groups (broad SMARTS) is 1. The quantitative estimate of drug-likeness (QED) is 0.558. The highest BCUT2D eigenvalue weighted by atomic mass is 16.5. The molecule has 1 heterocycles. The summed E-state index contributed by atoms with van der Waals surface area (Å²) in [6.07, 6.45) is 2.17. The van der Waals surface area contributed by atoms with Crippen LogP contribution in [0.25, 0.3) is 0 Å². The standard InChI is InChI=1S/C13H18N2O5/c1-3-9(2)20-12(19)13(11(17)18,8-10(14)16)15-6-4-5-7-15/h4-7,9H,3,8H2,1-2H3,(H2,14,16)(H,17,18). The molecule has 1 rings (SSSR count). The molecule has 0 saturated carbocycles. The van der Waals surface area contributed by atoms with Crippen molar-refractivity contribution in [1.82, 2.24) is 4.57 Å². The Labute approximate surface area is 116 Å². The van der Waals surface area contributed by atoms with Gasteiger partial charge in [-0.15, -0.1) is 0 Å². The second kappa shape index (κ2) is 6.23. The van der Waals surface area contributed by atoms with Crippen molar-refractivity contribution < 1.29 is 24.2 Å². The SMILES string of the molecule is CCC(C)OC(=O)C(CC(N)=O)(C(=O)O)n1cccc1. The molecule has 1 amide bonds. The zero-order valence-electron chi connectivity index (χ0n) is 11.4. The number of carbonyl (C=O) groups is 3. The van der Waals surface area contributed by atoms with Gasteiger partial charge in [0.25, 0.3) is 0 Å². The van der Waals surface area contributed by atoms with E-state index in [0.29, 0.717) is 6.42 Å². The average molecular weight is 282 g/mol. The first-order valence-electron chi connectivity index (χ1n) is 6.20. The molecule has 2 atom stereocenters. The van der Waals surface area contributed by atoms with Crippen LogP contribution in [0.3, 0.4) is 0 Å². The molecule has 7 nitrogen and oxygen atoms in total. The first-order chi connectivity index (χ1) is 9.34. The van der Waals surface area contributed by atoms with Crippen LogP contribution in [0, 0.1) is 0 Å². The fourth-order valence-corrected chi connectivity index (χ4v) is 1.75. The zero-order chi connectivity index (χ0) is 15.3. The number of carbonyl (C=O) groups excluding carboxylic acids is 2. The summed E-state index contributed by atoms with van der Waals surface area (Å²) in [5.74, 6) is -3.39. The van der Waals surface area contributed by atoms with Gasteiger partial charge in [0, 0.05) is 12.4 Å². The Morgan fingerprint density at radius 2 is 1.90 bits per heavy atom. The summed E-state index contributed by atoms with van der Waals surface area (Å²) in [6, 6.07) is 3.10. The van der Waals surface area contributed by atoms with E-state index in [4.69, 9.17) is 10.5 Å². The van der Waals surface area contributed by atoms with Gasteiger partial charge in [-0.2, -0.15) is 0 Å². The second-order valence-electron chi connectivity index (χ2n) is 4.52. The summed E-state index contributed by atoms with van der Waals surface area (Å²) >= 11 is 0. The maximum absolute atomic E-state index is 12.3. The van der Waals surface area contributed by atoms with Gasteiger partial charge < -0.3 is 20.1 Å². The molecular weight excluding hydrogens is 264 g/mol. The molecule has 0 aliphatic carbocycles. The maximum Gasteiger partial charge on any atom is 0.344 e. The lowest BCUT2D eigenvalue weighted by Gasteiger charge is -2.29. The van der Waals surface area contributed by atoms with Gasteiger partial charge in [0.1, 0.15) is 0 Å². The molecule has 3 N–H and O–H groups in total. The number of primary amides is 1. The van der Waals surface area contributed by atoms with E-state index in [9.17, 15) is 19.5 Å². The molecule has 0 fully saturated rings. The molecule has 0 bridgehead atoms. The minimum Gasteiger partial charge on any atom is -0.479 e. The van der Waals surface area contributed by atoms with Gasteiger partial charge in [0.15, 0.2) is 0 Å². The third kappa shape index (κ3) is 2.98. The molecule has 0 aromatic carbocycles. The monoisotopic (exact) mass is 282 g/mol. The van der Waals surface area contributed by atoms with Gasteiger partial charge in [-0.3, -0.25) is 4.79 Å². The molecule has 110 valence electrons. The van der Waals surface area contributed by atoms with E-state index in [1.54, 1.807) is 26.0 Å². The number of aliphatic carboxylic acids is 1. The van der Waals surface area contributed by atoms with Crippen molar-refractivity contribution in [3.63, 3.8) is 0 Å². The topological polar surface area (TPSA) is 112 Å².